The van der Waals surface area contributed by atoms with E-state index in [1.54, 1.807) is 22.6 Å². The second kappa shape index (κ2) is 4.23. The van der Waals surface area contributed by atoms with Crippen molar-refractivity contribution in [2.45, 2.75) is 0 Å². The summed E-state index contributed by atoms with van der Waals surface area (Å²) in [5.41, 5.74) is 0.247. The van der Waals surface area contributed by atoms with E-state index in [0.29, 0.717) is 0 Å². The first-order valence-corrected chi connectivity index (χ1v) is 6.53. The number of anilines is 1. The lowest BCUT2D eigenvalue weighted by Crippen LogP contribution is -2.12. The molecule has 1 aromatic carbocycles. The van der Waals surface area contributed by atoms with Crippen molar-refractivity contribution >= 4 is 38.3 Å². The molecule has 0 aliphatic carbocycles. The largest absolute Gasteiger partial charge is 0.283 e. The van der Waals surface area contributed by atoms with Gasteiger partial charge in [-0.2, -0.15) is 0 Å². The number of nitrogens with one attached hydrogen (secondary N) is 1. The van der Waals surface area contributed by atoms with E-state index >= 15 is 0 Å². The van der Waals surface area contributed by atoms with Crippen molar-refractivity contribution in [3.63, 3.8) is 0 Å². The molecular weight excluding hydrogens is 308 g/mol. The van der Waals surface area contributed by atoms with Gasteiger partial charge in [-0.3, -0.25) is 4.72 Å². The van der Waals surface area contributed by atoms with E-state index in [2.05, 4.69) is 4.72 Å². The number of hydrogen-bond donors (Lipinski definition) is 1. The van der Waals surface area contributed by atoms with E-state index in [1.807, 2.05) is 0 Å². The summed E-state index contributed by atoms with van der Waals surface area (Å²) in [6, 6.07) is 5.32. The fraction of sp³-hybridized carbons (Fsp3) is 0.143. The average molecular weight is 315 g/mol. The molecule has 0 unspecified atom stereocenters. The Morgan fingerprint density at radius 3 is 2.69 bits per heavy atom. The topological polar surface area (TPSA) is 46.2 Å². The molecule has 3 nitrogen and oxygen atoms in total. The SMILES string of the molecule is O=S(=O)(CI)Nc1cccc(F)c1. The maximum absolute atomic E-state index is 12.6. The second-order valence-corrected chi connectivity index (χ2v) is 5.86. The number of hydrogen-bond acceptors (Lipinski definition) is 2. The Bertz CT molecular complexity index is 393. The molecule has 0 saturated carbocycles. The Balaban J connectivity index is 2.87. The predicted molar refractivity (Wildman–Crippen MR) is 57.8 cm³/mol. The zero-order valence-corrected chi connectivity index (χ0v) is 9.47. The first kappa shape index (κ1) is 10.7. The molecule has 72 valence electrons. The van der Waals surface area contributed by atoms with E-state index < -0.39 is 15.8 Å². The van der Waals surface area contributed by atoms with Crippen LogP contribution in [0.5, 0.6) is 0 Å². The molecule has 0 fully saturated rings. The first-order chi connectivity index (χ1) is 6.03. The average Bonchev–Trinajstić information content (AvgIpc) is 2.03. The summed E-state index contributed by atoms with van der Waals surface area (Å²) in [7, 11) is -3.32. The number of sulfonamides is 1. The van der Waals surface area contributed by atoms with Gasteiger partial charge in [0, 0.05) is 0 Å². The summed E-state index contributed by atoms with van der Waals surface area (Å²) in [6.45, 7) is 0. The van der Waals surface area contributed by atoms with Gasteiger partial charge in [-0.1, -0.05) is 28.7 Å². The van der Waals surface area contributed by atoms with E-state index in [0.717, 1.165) is 6.07 Å². The first-order valence-electron chi connectivity index (χ1n) is 3.35. The zero-order valence-electron chi connectivity index (χ0n) is 6.50. The molecule has 0 bridgehead atoms. The molecule has 0 heterocycles. The molecule has 1 N–H and O–H groups in total. The van der Waals surface area contributed by atoms with Gasteiger partial charge in [0.15, 0.2) is 0 Å². The van der Waals surface area contributed by atoms with Crippen LogP contribution in [0, 0.1) is 5.82 Å². The molecule has 1 rings (SSSR count). The minimum Gasteiger partial charge on any atom is -0.283 e. The molecule has 0 aliphatic rings. The van der Waals surface area contributed by atoms with Gasteiger partial charge in [0.1, 0.15) is 9.58 Å². The summed E-state index contributed by atoms with van der Waals surface area (Å²) < 4.78 is 36.9. The third kappa shape index (κ3) is 3.47. The lowest BCUT2D eigenvalue weighted by molar-refractivity contribution is 0.606. The molecular formula is C7H7FINO2S. The Kier molecular flexibility index (Phi) is 3.48. The van der Waals surface area contributed by atoms with Crippen LogP contribution < -0.4 is 4.72 Å². The summed E-state index contributed by atoms with van der Waals surface area (Å²) in [5, 5.41) is 0. The highest BCUT2D eigenvalue weighted by atomic mass is 127. The van der Waals surface area contributed by atoms with Crippen LogP contribution in [0.3, 0.4) is 0 Å². The quantitative estimate of drug-likeness (QED) is 0.685. The van der Waals surface area contributed by atoms with Gasteiger partial charge in [-0.25, -0.2) is 12.8 Å². The van der Waals surface area contributed by atoms with Gasteiger partial charge < -0.3 is 0 Å². The summed E-state index contributed by atoms with van der Waals surface area (Å²) >= 11 is 1.72. The smallest absolute Gasteiger partial charge is 0.242 e. The van der Waals surface area contributed by atoms with Crippen molar-refractivity contribution in [3.8, 4) is 0 Å². The maximum Gasteiger partial charge on any atom is 0.242 e. The molecule has 0 atom stereocenters. The highest BCUT2D eigenvalue weighted by Gasteiger charge is 2.07. The maximum atomic E-state index is 12.6. The summed E-state index contributed by atoms with van der Waals surface area (Å²) in [4.78, 5) is 0. The summed E-state index contributed by atoms with van der Waals surface area (Å²) in [5.74, 6) is -0.464. The number of alkyl halides is 1. The van der Waals surface area contributed by atoms with Crippen LogP contribution in [0.1, 0.15) is 0 Å². The minimum atomic E-state index is -3.32. The molecule has 0 aliphatic heterocycles. The van der Waals surface area contributed by atoms with Crippen LogP contribution in [0.15, 0.2) is 24.3 Å². The summed E-state index contributed by atoms with van der Waals surface area (Å²) in [6.07, 6.45) is 0. The van der Waals surface area contributed by atoms with Crippen LogP contribution in [-0.4, -0.2) is 12.2 Å². The fourth-order valence-electron chi connectivity index (χ4n) is 0.759. The molecule has 0 saturated heterocycles. The van der Waals surface area contributed by atoms with Crippen molar-refractivity contribution in [1.82, 2.24) is 0 Å². The van der Waals surface area contributed by atoms with Gasteiger partial charge in [-0.15, -0.1) is 0 Å². The van der Waals surface area contributed by atoms with Gasteiger partial charge >= 0.3 is 0 Å². The van der Waals surface area contributed by atoms with E-state index in [1.165, 1.54) is 18.2 Å². The van der Waals surface area contributed by atoms with E-state index in [4.69, 9.17) is 0 Å². The lowest BCUT2D eigenvalue weighted by atomic mass is 10.3. The third-order valence-corrected chi connectivity index (χ3v) is 4.54. The Labute approximate surface area is 89.5 Å². The van der Waals surface area contributed by atoms with Crippen molar-refractivity contribution in [3.05, 3.63) is 30.1 Å². The fourth-order valence-corrected chi connectivity index (χ4v) is 1.77. The van der Waals surface area contributed by atoms with Crippen LogP contribution in [0.25, 0.3) is 0 Å². The van der Waals surface area contributed by atoms with Crippen molar-refractivity contribution in [2.24, 2.45) is 0 Å². The Morgan fingerprint density at radius 2 is 2.15 bits per heavy atom. The highest BCUT2D eigenvalue weighted by molar-refractivity contribution is 14.1. The number of halogens is 2. The van der Waals surface area contributed by atoms with E-state index in [9.17, 15) is 12.8 Å². The predicted octanol–water partition coefficient (Wildman–Crippen LogP) is 1.96. The van der Waals surface area contributed by atoms with Crippen LogP contribution in [0.2, 0.25) is 0 Å². The molecule has 6 heteroatoms. The van der Waals surface area contributed by atoms with Crippen molar-refractivity contribution in [2.75, 3.05) is 8.48 Å². The molecule has 1 aromatic rings. The second-order valence-electron chi connectivity index (χ2n) is 2.34. The molecule has 0 spiro atoms. The highest BCUT2D eigenvalue weighted by Crippen LogP contribution is 2.11. The van der Waals surface area contributed by atoms with E-state index in [-0.39, 0.29) is 9.45 Å². The minimum absolute atomic E-state index is 0.0543. The number of benzene rings is 1. The zero-order chi connectivity index (χ0) is 9.90. The normalized spacial score (nSPS) is 11.2. The molecule has 0 amide bonds. The Morgan fingerprint density at radius 1 is 1.46 bits per heavy atom. The van der Waals surface area contributed by atoms with Crippen molar-refractivity contribution in [1.29, 1.82) is 0 Å². The van der Waals surface area contributed by atoms with Gasteiger partial charge in [0.05, 0.1) is 5.69 Å². The molecule has 0 radical (unpaired) electrons. The van der Waals surface area contributed by atoms with Crippen LogP contribution in [-0.2, 0) is 10.0 Å². The van der Waals surface area contributed by atoms with Gasteiger partial charge in [-0.05, 0) is 18.2 Å². The molecule has 0 aromatic heterocycles. The third-order valence-electron chi connectivity index (χ3n) is 1.24. The Hall–Kier alpha value is -0.370. The van der Waals surface area contributed by atoms with Crippen LogP contribution >= 0.6 is 22.6 Å². The standard InChI is InChI=1S/C7H7FINO2S/c8-6-2-1-3-7(4-6)10-13(11,12)5-9/h1-4,10H,5H2. The number of rotatable bonds is 3. The van der Waals surface area contributed by atoms with Gasteiger partial charge in [0.25, 0.3) is 0 Å². The van der Waals surface area contributed by atoms with Crippen molar-refractivity contribution < 1.29 is 12.8 Å². The van der Waals surface area contributed by atoms with Gasteiger partial charge in [0.2, 0.25) is 10.0 Å². The molecule has 13 heavy (non-hydrogen) atoms. The monoisotopic (exact) mass is 315 g/mol. The van der Waals surface area contributed by atoms with Crippen LogP contribution in [0.4, 0.5) is 10.1 Å². The lowest BCUT2D eigenvalue weighted by Gasteiger charge is -2.04.